The van der Waals surface area contributed by atoms with Gasteiger partial charge in [-0.2, -0.15) is 0 Å². The van der Waals surface area contributed by atoms with E-state index in [1.165, 1.54) is 5.57 Å². The third kappa shape index (κ3) is 10.8. The maximum absolute atomic E-state index is 13.2. The van der Waals surface area contributed by atoms with Crippen molar-refractivity contribution in [2.45, 2.75) is 45.1 Å². The molecule has 4 aromatic rings. The summed E-state index contributed by atoms with van der Waals surface area (Å²) in [6.45, 7) is 5.97. The first kappa shape index (κ1) is 42.0. The van der Waals surface area contributed by atoms with Crippen molar-refractivity contribution in [2.24, 2.45) is 0 Å². The number of hydrogen-bond donors (Lipinski definition) is 2. The lowest BCUT2D eigenvalue weighted by Crippen LogP contribution is -2.54. The fraction of sp³-hybridized carbons (Fsp3) is 0.348. The van der Waals surface area contributed by atoms with Gasteiger partial charge in [-0.3, -0.25) is 29.4 Å². The first-order valence-electron chi connectivity index (χ1n) is 19.8. The molecule has 0 aliphatic carbocycles. The van der Waals surface area contributed by atoms with Gasteiger partial charge in [0.05, 0.1) is 57.4 Å². The molecule has 2 heterocycles. The highest BCUT2D eigenvalue weighted by Gasteiger charge is 2.45. The molecule has 0 aromatic heterocycles. The summed E-state index contributed by atoms with van der Waals surface area (Å²) < 4.78 is 28.5. The quantitative estimate of drug-likeness (QED) is 0.0532. The summed E-state index contributed by atoms with van der Waals surface area (Å²) >= 11 is 0. The fourth-order valence-corrected chi connectivity index (χ4v) is 7.16. The van der Waals surface area contributed by atoms with Crippen LogP contribution in [0.15, 0.2) is 97.1 Å². The Morgan fingerprint density at radius 1 is 0.672 bits per heavy atom. The Labute approximate surface area is 338 Å². The molecule has 1 fully saturated rings. The van der Waals surface area contributed by atoms with Crippen LogP contribution in [0, 0.1) is 0 Å². The van der Waals surface area contributed by atoms with E-state index in [2.05, 4.69) is 36.5 Å². The molecule has 0 spiro atoms. The number of aryl methyl sites for hydroxylation is 1. The van der Waals surface area contributed by atoms with Gasteiger partial charge in [0.2, 0.25) is 11.8 Å². The van der Waals surface area contributed by atoms with Gasteiger partial charge in [-0.25, -0.2) is 0 Å². The van der Waals surface area contributed by atoms with E-state index in [9.17, 15) is 24.3 Å². The van der Waals surface area contributed by atoms with Crippen molar-refractivity contribution >= 4 is 34.8 Å². The lowest BCUT2D eigenvalue weighted by molar-refractivity contribution is -0.136. The summed E-state index contributed by atoms with van der Waals surface area (Å²) in [5.74, 6) is -1.05. The van der Waals surface area contributed by atoms with Crippen molar-refractivity contribution in [1.29, 1.82) is 0 Å². The highest BCUT2D eigenvalue weighted by Crippen LogP contribution is 2.36. The Bertz CT molecular complexity index is 2050. The van der Waals surface area contributed by atoms with Gasteiger partial charge in [0.1, 0.15) is 24.1 Å². The molecule has 2 N–H and O–H groups in total. The molecule has 1 atom stereocenters. The maximum Gasteiger partial charge on any atom is 0.262 e. The molecule has 12 nitrogen and oxygen atoms in total. The number of benzene rings is 4. The van der Waals surface area contributed by atoms with E-state index < -0.39 is 29.7 Å². The van der Waals surface area contributed by atoms with Crippen LogP contribution < -0.4 is 10.1 Å². The van der Waals surface area contributed by atoms with Crippen LogP contribution in [0.4, 0.5) is 0 Å². The number of hydrogen-bond acceptors (Lipinski definition) is 10. The summed E-state index contributed by atoms with van der Waals surface area (Å²) in [5, 5.41) is 12.1. The van der Waals surface area contributed by atoms with Crippen molar-refractivity contribution in [2.75, 3.05) is 59.5 Å². The average Bonchev–Trinajstić information content (AvgIpc) is 3.49. The van der Waals surface area contributed by atoms with Crippen molar-refractivity contribution in [1.82, 2.24) is 10.2 Å². The smallest absolute Gasteiger partial charge is 0.262 e. The number of amides is 4. The number of phenolic OH excluding ortho intramolecular Hbond substituents is 1. The van der Waals surface area contributed by atoms with Crippen molar-refractivity contribution < 1.29 is 48.0 Å². The number of phenols is 1. The molecule has 1 saturated heterocycles. The number of rotatable bonds is 22. The minimum absolute atomic E-state index is 0.0793. The minimum Gasteiger partial charge on any atom is -0.508 e. The monoisotopic (exact) mass is 790 g/mol. The zero-order valence-electron chi connectivity index (χ0n) is 32.8. The van der Waals surface area contributed by atoms with Crippen LogP contribution >= 0.6 is 0 Å². The molecule has 6 rings (SSSR count). The zero-order valence-corrected chi connectivity index (χ0v) is 32.8. The number of nitrogens with zero attached hydrogens (tertiary/aromatic N) is 1. The number of imide groups is 2. The maximum atomic E-state index is 13.2. The molecule has 4 aromatic carbocycles. The summed E-state index contributed by atoms with van der Waals surface area (Å²) in [6.07, 6.45) is 2.20. The molecule has 0 saturated carbocycles. The van der Waals surface area contributed by atoms with E-state index >= 15 is 0 Å². The zero-order chi connectivity index (χ0) is 40.7. The van der Waals surface area contributed by atoms with Gasteiger partial charge in [-0.15, -0.1) is 0 Å². The first-order valence-corrected chi connectivity index (χ1v) is 19.8. The van der Waals surface area contributed by atoms with Gasteiger partial charge >= 0.3 is 0 Å². The van der Waals surface area contributed by atoms with Gasteiger partial charge in [0.15, 0.2) is 0 Å². The number of aromatic hydroxyl groups is 1. The lowest BCUT2D eigenvalue weighted by Gasteiger charge is -2.27. The Morgan fingerprint density at radius 3 is 1.90 bits per heavy atom. The Kier molecular flexibility index (Phi) is 15.3. The molecule has 0 bridgehead atoms. The predicted octanol–water partition coefficient (Wildman–Crippen LogP) is 6.24. The second kappa shape index (κ2) is 21.2. The van der Waals surface area contributed by atoms with Gasteiger partial charge < -0.3 is 28.8 Å². The van der Waals surface area contributed by atoms with Crippen LogP contribution in [-0.2, 0) is 35.0 Å². The highest BCUT2D eigenvalue weighted by atomic mass is 16.6. The van der Waals surface area contributed by atoms with Gasteiger partial charge in [0, 0.05) is 13.0 Å². The topological polar surface area (TPSA) is 150 Å². The van der Waals surface area contributed by atoms with Crippen LogP contribution in [0.3, 0.4) is 0 Å². The van der Waals surface area contributed by atoms with E-state index in [4.69, 9.17) is 23.7 Å². The number of piperidine rings is 1. The number of allylic oxidation sites excluding steroid dienone is 1. The van der Waals surface area contributed by atoms with Gasteiger partial charge in [0.25, 0.3) is 11.8 Å². The van der Waals surface area contributed by atoms with E-state index in [0.29, 0.717) is 77.9 Å². The molecule has 1 unspecified atom stereocenters. The van der Waals surface area contributed by atoms with Crippen LogP contribution in [0.25, 0.3) is 11.1 Å². The molecule has 0 radical (unpaired) electrons. The normalized spacial score (nSPS) is 15.7. The lowest BCUT2D eigenvalue weighted by atomic mass is 9.88. The van der Waals surface area contributed by atoms with Crippen LogP contribution in [-0.4, -0.2) is 99.1 Å². The van der Waals surface area contributed by atoms with E-state index in [0.717, 1.165) is 44.9 Å². The van der Waals surface area contributed by atoms with Crippen molar-refractivity contribution in [3.63, 3.8) is 0 Å². The molecular formula is C46H50N2O10. The molecule has 2 aliphatic rings. The molecule has 304 valence electrons. The summed E-state index contributed by atoms with van der Waals surface area (Å²) in [5.41, 5.74) is 6.92. The number of nitrogens with one attached hydrogen (secondary N) is 1. The number of ether oxygens (including phenoxy) is 5. The largest absolute Gasteiger partial charge is 0.508 e. The van der Waals surface area contributed by atoms with Gasteiger partial charge in [-0.05, 0) is 89.4 Å². The van der Waals surface area contributed by atoms with E-state index in [1.54, 1.807) is 24.3 Å². The Hall–Kier alpha value is -5.66. The Morgan fingerprint density at radius 2 is 1.28 bits per heavy atom. The van der Waals surface area contributed by atoms with Crippen LogP contribution in [0.1, 0.15) is 75.6 Å². The minimum atomic E-state index is -0.987. The molecule has 4 amide bonds. The van der Waals surface area contributed by atoms with Crippen molar-refractivity contribution in [3.8, 4) is 11.5 Å². The highest BCUT2D eigenvalue weighted by molar-refractivity contribution is 6.24. The standard InChI is InChI=1S/C46H50N2O10/c1-2-38(32-8-4-3-5-9-32)42(34-13-17-36(49)18-14-34)35-15-19-37(20-16-35)58-31-30-57-29-28-56-27-26-55-25-24-54-23-7-11-33-10-6-12-39-43(33)46(53)48(45(39)52)40-21-22-41(50)47-44(40)51/h3-6,8-10,12-20,40,49H,2,7,11,21-31H2,1H3,(H,47,50,51)/b42-38-. The molecule has 58 heavy (non-hydrogen) atoms. The average molecular weight is 791 g/mol. The molecular weight excluding hydrogens is 741 g/mol. The van der Waals surface area contributed by atoms with Crippen LogP contribution in [0.2, 0.25) is 0 Å². The number of fused-ring (bicyclic) bond motifs is 1. The summed E-state index contributed by atoms with van der Waals surface area (Å²) in [6, 6.07) is 29.9. The SMILES string of the molecule is CC/C(=C(\c1ccc(O)cc1)c1ccc(OCCOCCOCCOCCOCCCc2cccc3c2C(=O)N(C2CCC(=O)NC2=O)C3=O)cc1)c1ccccc1. The number of carbonyl (C=O) groups is 4. The second-order valence-corrected chi connectivity index (χ2v) is 13.8. The first-order chi connectivity index (χ1) is 28.4. The third-order valence-electron chi connectivity index (χ3n) is 9.98. The number of carbonyl (C=O) groups excluding carboxylic acids is 4. The molecule has 12 heteroatoms. The summed E-state index contributed by atoms with van der Waals surface area (Å²) in [7, 11) is 0. The second-order valence-electron chi connectivity index (χ2n) is 13.8. The Balaban J connectivity index is 0.808. The van der Waals surface area contributed by atoms with Crippen molar-refractivity contribution in [3.05, 3.63) is 130 Å². The predicted molar refractivity (Wildman–Crippen MR) is 217 cm³/mol. The van der Waals surface area contributed by atoms with Gasteiger partial charge in [-0.1, -0.05) is 73.7 Å². The van der Waals surface area contributed by atoms with E-state index in [-0.39, 0.29) is 24.2 Å². The fourth-order valence-electron chi connectivity index (χ4n) is 7.16. The molecule has 2 aliphatic heterocycles. The summed E-state index contributed by atoms with van der Waals surface area (Å²) in [4.78, 5) is 51.2. The van der Waals surface area contributed by atoms with Crippen LogP contribution in [0.5, 0.6) is 11.5 Å². The van der Waals surface area contributed by atoms with E-state index in [1.807, 2.05) is 48.5 Å². The third-order valence-corrected chi connectivity index (χ3v) is 9.98.